The molecule has 1 aliphatic heterocycles. The van der Waals surface area contributed by atoms with Gasteiger partial charge >= 0.3 is 0 Å². The number of carbonyl (C=O) groups excluding carboxylic acids is 2. The molecule has 2 rings (SSSR count). The number of carbonyl (C=O) groups is 2. The zero-order chi connectivity index (χ0) is 16.2. The third kappa shape index (κ3) is 4.08. The van der Waals surface area contributed by atoms with E-state index in [1.807, 2.05) is 18.2 Å². The lowest BCUT2D eigenvalue weighted by Crippen LogP contribution is -2.47. The quantitative estimate of drug-likeness (QED) is 0.785. The lowest BCUT2D eigenvalue weighted by molar-refractivity contribution is -0.138. The van der Waals surface area contributed by atoms with Crippen LogP contribution in [-0.2, 0) is 14.3 Å². The number of anilines is 1. The van der Waals surface area contributed by atoms with Crippen LogP contribution in [0.1, 0.15) is 26.7 Å². The molecule has 1 unspecified atom stereocenters. The summed E-state index contributed by atoms with van der Waals surface area (Å²) >= 11 is 3.37. The maximum Gasteiger partial charge on any atom is 0.239 e. The number of rotatable bonds is 5. The molecule has 5 nitrogen and oxygen atoms in total. The number of hydrogen-bond donors (Lipinski definition) is 2. The van der Waals surface area contributed by atoms with Crippen molar-refractivity contribution in [3.63, 3.8) is 0 Å². The van der Waals surface area contributed by atoms with E-state index in [-0.39, 0.29) is 17.9 Å². The Hall–Kier alpha value is -1.40. The lowest BCUT2D eigenvalue weighted by Gasteiger charge is -2.24. The van der Waals surface area contributed by atoms with Crippen molar-refractivity contribution >= 4 is 33.4 Å². The van der Waals surface area contributed by atoms with Crippen LogP contribution in [0, 0.1) is 5.41 Å². The molecule has 0 bridgehead atoms. The van der Waals surface area contributed by atoms with Crippen LogP contribution < -0.4 is 10.6 Å². The highest BCUT2D eigenvalue weighted by Gasteiger charge is 2.36. The van der Waals surface area contributed by atoms with Gasteiger partial charge in [0.25, 0.3) is 0 Å². The molecular weight excluding hydrogens is 348 g/mol. The summed E-state index contributed by atoms with van der Waals surface area (Å²) in [7, 11) is 0. The predicted molar refractivity (Wildman–Crippen MR) is 88.5 cm³/mol. The van der Waals surface area contributed by atoms with Gasteiger partial charge in [-0.15, -0.1) is 0 Å². The molecule has 1 atom stereocenters. The molecule has 1 aliphatic rings. The van der Waals surface area contributed by atoms with Crippen LogP contribution in [0.5, 0.6) is 0 Å². The fourth-order valence-electron chi connectivity index (χ4n) is 2.18. The van der Waals surface area contributed by atoms with Gasteiger partial charge in [-0.25, -0.2) is 0 Å². The van der Waals surface area contributed by atoms with Crippen LogP contribution in [0.4, 0.5) is 5.69 Å². The SMILES string of the molecule is CC(C)(C(=O)NCC1CCCO1)C(=O)Nc1ccccc1Br. The highest BCUT2D eigenvalue weighted by molar-refractivity contribution is 9.10. The first-order valence-electron chi connectivity index (χ1n) is 7.37. The van der Waals surface area contributed by atoms with Gasteiger partial charge in [-0.05, 0) is 54.8 Å². The predicted octanol–water partition coefficient (Wildman–Crippen LogP) is 2.71. The number of halogens is 1. The molecule has 22 heavy (non-hydrogen) atoms. The van der Waals surface area contributed by atoms with Gasteiger partial charge in [-0.3, -0.25) is 9.59 Å². The van der Waals surface area contributed by atoms with Crippen molar-refractivity contribution in [3.05, 3.63) is 28.7 Å². The minimum absolute atomic E-state index is 0.0612. The Labute approximate surface area is 138 Å². The zero-order valence-corrected chi connectivity index (χ0v) is 14.4. The monoisotopic (exact) mass is 368 g/mol. The van der Waals surface area contributed by atoms with Crippen LogP contribution in [0.3, 0.4) is 0 Å². The van der Waals surface area contributed by atoms with E-state index >= 15 is 0 Å². The van der Waals surface area contributed by atoms with E-state index in [0.29, 0.717) is 12.2 Å². The minimum Gasteiger partial charge on any atom is -0.376 e. The first kappa shape index (κ1) is 17.0. The Morgan fingerprint density at radius 3 is 2.68 bits per heavy atom. The van der Waals surface area contributed by atoms with E-state index in [1.54, 1.807) is 19.9 Å². The molecule has 120 valence electrons. The number of amides is 2. The van der Waals surface area contributed by atoms with Crippen LogP contribution in [0.15, 0.2) is 28.7 Å². The normalized spacial score (nSPS) is 18.0. The molecule has 0 aromatic heterocycles. The third-order valence-electron chi connectivity index (χ3n) is 3.77. The molecule has 1 heterocycles. The Morgan fingerprint density at radius 1 is 1.32 bits per heavy atom. The molecule has 1 saturated heterocycles. The van der Waals surface area contributed by atoms with E-state index in [1.165, 1.54) is 0 Å². The van der Waals surface area contributed by atoms with Gasteiger partial charge in [0.15, 0.2) is 0 Å². The topological polar surface area (TPSA) is 67.4 Å². The molecule has 1 aromatic carbocycles. The standard InChI is InChI=1S/C16H21BrN2O3/c1-16(2,14(20)18-10-11-6-5-9-22-11)15(21)19-13-8-4-3-7-12(13)17/h3-4,7-8,11H,5-6,9-10H2,1-2H3,(H,18,20)(H,19,21). The fraction of sp³-hybridized carbons (Fsp3) is 0.500. The second kappa shape index (κ2) is 7.24. The molecule has 1 aromatic rings. The van der Waals surface area contributed by atoms with E-state index in [4.69, 9.17) is 4.74 Å². The van der Waals surface area contributed by atoms with Crippen molar-refractivity contribution in [2.75, 3.05) is 18.5 Å². The summed E-state index contributed by atoms with van der Waals surface area (Å²) in [5, 5.41) is 5.59. The zero-order valence-electron chi connectivity index (χ0n) is 12.8. The molecule has 0 saturated carbocycles. The van der Waals surface area contributed by atoms with Crippen molar-refractivity contribution in [1.82, 2.24) is 5.32 Å². The van der Waals surface area contributed by atoms with Gasteiger partial charge in [0, 0.05) is 17.6 Å². The molecule has 1 fully saturated rings. The van der Waals surface area contributed by atoms with Crippen LogP contribution in [-0.4, -0.2) is 31.1 Å². The van der Waals surface area contributed by atoms with Crippen molar-refractivity contribution in [1.29, 1.82) is 0 Å². The van der Waals surface area contributed by atoms with E-state index in [0.717, 1.165) is 23.9 Å². The number of benzene rings is 1. The highest BCUT2D eigenvalue weighted by atomic mass is 79.9. The molecule has 0 spiro atoms. The summed E-state index contributed by atoms with van der Waals surface area (Å²) in [6.07, 6.45) is 2.03. The van der Waals surface area contributed by atoms with Gasteiger partial charge < -0.3 is 15.4 Å². The summed E-state index contributed by atoms with van der Waals surface area (Å²) in [5.41, 5.74) is -0.513. The Bertz CT molecular complexity index is 554. The number of nitrogens with one attached hydrogen (secondary N) is 2. The van der Waals surface area contributed by atoms with Gasteiger partial charge in [0.2, 0.25) is 11.8 Å². The Kier molecular flexibility index (Phi) is 5.58. The average molecular weight is 369 g/mol. The van der Waals surface area contributed by atoms with Crippen LogP contribution in [0.25, 0.3) is 0 Å². The van der Waals surface area contributed by atoms with Gasteiger partial charge in [-0.2, -0.15) is 0 Å². The largest absolute Gasteiger partial charge is 0.376 e. The Morgan fingerprint density at radius 2 is 2.05 bits per heavy atom. The molecule has 2 amide bonds. The molecular formula is C16H21BrN2O3. The first-order chi connectivity index (χ1) is 10.4. The van der Waals surface area contributed by atoms with E-state index in [9.17, 15) is 9.59 Å². The number of para-hydroxylation sites is 1. The molecule has 0 aliphatic carbocycles. The lowest BCUT2D eigenvalue weighted by atomic mass is 9.91. The minimum atomic E-state index is -1.16. The van der Waals surface area contributed by atoms with Crippen molar-refractivity contribution < 1.29 is 14.3 Å². The summed E-state index contributed by atoms with van der Waals surface area (Å²) in [4.78, 5) is 24.7. The summed E-state index contributed by atoms with van der Waals surface area (Å²) in [5.74, 6) is -0.642. The summed E-state index contributed by atoms with van der Waals surface area (Å²) < 4.78 is 6.24. The van der Waals surface area contributed by atoms with Gasteiger partial charge in [-0.1, -0.05) is 12.1 Å². The number of hydrogen-bond acceptors (Lipinski definition) is 3. The van der Waals surface area contributed by atoms with Gasteiger partial charge in [0.05, 0.1) is 11.8 Å². The smallest absolute Gasteiger partial charge is 0.239 e. The second-order valence-electron chi connectivity index (χ2n) is 5.90. The van der Waals surface area contributed by atoms with Crippen LogP contribution in [0.2, 0.25) is 0 Å². The summed E-state index contributed by atoms with van der Waals surface area (Å²) in [6.45, 7) is 4.42. The van der Waals surface area contributed by atoms with E-state index < -0.39 is 5.41 Å². The maximum absolute atomic E-state index is 12.4. The highest BCUT2D eigenvalue weighted by Crippen LogP contribution is 2.25. The summed E-state index contributed by atoms with van der Waals surface area (Å²) in [6, 6.07) is 7.30. The molecule has 6 heteroatoms. The second-order valence-corrected chi connectivity index (χ2v) is 6.76. The first-order valence-corrected chi connectivity index (χ1v) is 8.16. The molecule has 2 N–H and O–H groups in total. The average Bonchev–Trinajstić information content (AvgIpc) is 3.00. The van der Waals surface area contributed by atoms with Crippen molar-refractivity contribution in [3.8, 4) is 0 Å². The van der Waals surface area contributed by atoms with Gasteiger partial charge in [0.1, 0.15) is 5.41 Å². The fourth-order valence-corrected chi connectivity index (χ4v) is 2.56. The maximum atomic E-state index is 12.4. The van der Waals surface area contributed by atoms with Crippen molar-refractivity contribution in [2.24, 2.45) is 5.41 Å². The van der Waals surface area contributed by atoms with Crippen molar-refractivity contribution in [2.45, 2.75) is 32.8 Å². The Balaban J connectivity index is 1.94. The molecule has 0 radical (unpaired) electrons. The van der Waals surface area contributed by atoms with Crippen LogP contribution >= 0.6 is 15.9 Å². The third-order valence-corrected chi connectivity index (χ3v) is 4.46. The van der Waals surface area contributed by atoms with E-state index in [2.05, 4.69) is 26.6 Å². The number of ether oxygens (including phenoxy) is 1.